The topological polar surface area (TPSA) is 86.3 Å². The van der Waals surface area contributed by atoms with Gasteiger partial charge in [-0.25, -0.2) is 0 Å². The maximum absolute atomic E-state index is 11.1. The van der Waals surface area contributed by atoms with Gasteiger partial charge in [0.25, 0.3) is 16.8 Å². The second-order valence-electron chi connectivity index (χ2n) is 2.12. The van der Waals surface area contributed by atoms with Crippen LogP contribution >= 0.6 is 35.3 Å². The first kappa shape index (κ1) is 11.1. The fraction of sp³-hybridized carbons (Fsp3) is 0.333. The smallest absolute Gasteiger partial charge is 0.186 e. The van der Waals surface area contributed by atoms with Crippen LogP contribution in [0.1, 0.15) is 5.69 Å². The maximum Gasteiger partial charge on any atom is 0.282 e. The Morgan fingerprint density at radius 1 is 1.50 bits per heavy atom. The minimum Gasteiger partial charge on any atom is -0.186 e. The molecule has 0 aromatic carbocycles. The van der Waals surface area contributed by atoms with Gasteiger partial charge in [0.05, 0.1) is 3.82 Å². The van der Waals surface area contributed by atoms with Gasteiger partial charge in [0.15, 0.2) is 5.69 Å². The zero-order chi connectivity index (χ0) is 10.4. The second-order valence-corrected chi connectivity index (χ2v) is 4.49. The van der Waals surface area contributed by atoms with Gasteiger partial charge in [-0.2, -0.15) is 14.9 Å². The lowest BCUT2D eigenvalue weighted by molar-refractivity contribution is -0.461. The number of thioether (sulfide) groups is 2. The van der Waals surface area contributed by atoms with Gasteiger partial charge < -0.3 is 0 Å². The van der Waals surface area contributed by atoms with Crippen molar-refractivity contribution in [3.63, 3.8) is 0 Å². The van der Waals surface area contributed by atoms with E-state index in [2.05, 4.69) is 4.37 Å². The minimum absolute atomic E-state index is 0.385. The van der Waals surface area contributed by atoms with Crippen LogP contribution in [-0.4, -0.2) is 10.1 Å². The molecule has 1 heterocycles. The SMILES string of the molecule is N#CSCCc1[nH]s[n+](=O)c1SC#N. The summed E-state index contributed by atoms with van der Waals surface area (Å²) < 4.78 is 3.48. The molecule has 0 saturated heterocycles. The Bertz CT molecular complexity index is 437. The normalized spacial score (nSPS) is 9.29. The number of H-pyrrole nitrogens is 1. The molecular formula is C6H5N4OS3+. The molecule has 1 rings (SSSR count). The molecule has 0 unspecified atom stereocenters. The number of nitriles is 2. The van der Waals surface area contributed by atoms with Gasteiger partial charge >= 0.3 is 0 Å². The predicted octanol–water partition coefficient (Wildman–Crippen LogP) is 1.32. The van der Waals surface area contributed by atoms with Crippen molar-refractivity contribution in [2.45, 2.75) is 11.4 Å². The largest absolute Gasteiger partial charge is 0.282 e. The molecule has 1 aromatic heterocycles. The van der Waals surface area contributed by atoms with Crippen molar-refractivity contribution in [3.05, 3.63) is 10.6 Å². The summed E-state index contributed by atoms with van der Waals surface area (Å²) >= 11 is 2.86. The van der Waals surface area contributed by atoms with Crippen molar-refractivity contribution < 1.29 is 3.82 Å². The summed E-state index contributed by atoms with van der Waals surface area (Å²) in [5, 5.41) is 20.9. The molecule has 1 aromatic rings. The molecule has 0 saturated carbocycles. The highest BCUT2D eigenvalue weighted by Crippen LogP contribution is 2.17. The van der Waals surface area contributed by atoms with Gasteiger partial charge in [-0.15, -0.1) is 0 Å². The molecular weight excluding hydrogens is 240 g/mol. The van der Waals surface area contributed by atoms with Crippen LogP contribution in [0.2, 0.25) is 0 Å². The molecule has 14 heavy (non-hydrogen) atoms. The fourth-order valence-corrected chi connectivity index (χ4v) is 2.50. The van der Waals surface area contributed by atoms with Crippen molar-refractivity contribution in [1.82, 2.24) is 4.37 Å². The molecule has 5 nitrogen and oxygen atoms in total. The Hall–Kier alpha value is -0.960. The molecule has 1 N–H and O–H groups in total. The van der Waals surface area contributed by atoms with E-state index < -0.39 is 0 Å². The van der Waals surface area contributed by atoms with Crippen LogP contribution in [-0.2, 0) is 6.42 Å². The summed E-state index contributed by atoms with van der Waals surface area (Å²) in [6, 6.07) is 0. The van der Waals surface area contributed by atoms with Crippen molar-refractivity contribution in [1.29, 1.82) is 10.5 Å². The van der Waals surface area contributed by atoms with E-state index in [0.29, 0.717) is 21.0 Å². The molecule has 0 aliphatic heterocycles. The third-order valence-corrected chi connectivity index (χ3v) is 3.37. The molecule has 0 spiro atoms. The van der Waals surface area contributed by atoms with Gasteiger partial charge in [0, 0.05) is 23.9 Å². The van der Waals surface area contributed by atoms with E-state index in [1.165, 1.54) is 0 Å². The Kier molecular flexibility index (Phi) is 4.53. The molecule has 0 fully saturated rings. The van der Waals surface area contributed by atoms with Crippen LogP contribution in [0, 0.1) is 26.2 Å². The number of rotatable bonds is 4. The number of thiocyanates is 2. The molecule has 0 bridgehead atoms. The number of aromatic nitrogens is 2. The highest BCUT2D eigenvalue weighted by Gasteiger charge is 2.18. The van der Waals surface area contributed by atoms with Gasteiger partial charge in [0.2, 0.25) is 0 Å². The first-order valence-electron chi connectivity index (χ1n) is 3.49. The van der Waals surface area contributed by atoms with Crippen molar-refractivity contribution >= 4 is 35.3 Å². The molecule has 0 aliphatic rings. The quantitative estimate of drug-likeness (QED) is 0.374. The monoisotopic (exact) mass is 245 g/mol. The van der Waals surface area contributed by atoms with Gasteiger partial charge in [0.1, 0.15) is 10.8 Å². The summed E-state index contributed by atoms with van der Waals surface area (Å²) in [5.41, 5.74) is 0.722. The Labute approximate surface area is 92.6 Å². The zero-order valence-corrected chi connectivity index (χ0v) is 9.34. The average molecular weight is 245 g/mol. The third-order valence-electron chi connectivity index (χ3n) is 1.34. The summed E-state index contributed by atoms with van der Waals surface area (Å²) in [4.78, 5) is 11.1. The number of nitrogens with zero attached hydrogens (tertiary/aromatic N) is 3. The molecule has 8 heteroatoms. The summed E-state index contributed by atoms with van der Waals surface area (Å²) in [6.07, 6.45) is 0.591. The number of aromatic amines is 1. The van der Waals surface area contributed by atoms with E-state index >= 15 is 0 Å². The summed E-state index contributed by atoms with van der Waals surface area (Å²) in [5.74, 6) is 0.614. The van der Waals surface area contributed by atoms with E-state index in [0.717, 1.165) is 40.9 Å². The van der Waals surface area contributed by atoms with E-state index in [9.17, 15) is 4.91 Å². The van der Waals surface area contributed by atoms with Crippen LogP contribution < -0.4 is 3.82 Å². The zero-order valence-electron chi connectivity index (χ0n) is 6.89. The van der Waals surface area contributed by atoms with Crippen LogP contribution in [0.3, 0.4) is 0 Å². The lowest BCUT2D eigenvalue weighted by Gasteiger charge is -1.87. The second kappa shape index (κ2) is 5.70. The first-order chi connectivity index (χ1) is 6.79. The molecule has 0 aliphatic carbocycles. The molecule has 72 valence electrons. The number of hydrogen-bond acceptors (Lipinski definition) is 6. The Morgan fingerprint density at radius 3 is 2.93 bits per heavy atom. The van der Waals surface area contributed by atoms with Crippen LogP contribution in [0.4, 0.5) is 0 Å². The Balaban J connectivity index is 2.73. The highest BCUT2D eigenvalue weighted by atomic mass is 32.2. The standard InChI is InChI=1S/C6H5N4OS3/c7-3-12-2-1-5-6(13-4-8)10(11)14-9-5/h9H,1-2H2/q+1. The van der Waals surface area contributed by atoms with Crippen molar-refractivity contribution in [3.8, 4) is 10.8 Å². The number of nitrogens with one attached hydrogen (secondary N) is 1. The Morgan fingerprint density at radius 2 is 2.29 bits per heavy atom. The van der Waals surface area contributed by atoms with Crippen molar-refractivity contribution in [2.24, 2.45) is 0 Å². The molecule has 0 radical (unpaired) electrons. The van der Waals surface area contributed by atoms with E-state index in [1.807, 2.05) is 10.8 Å². The van der Waals surface area contributed by atoms with Crippen molar-refractivity contribution in [2.75, 3.05) is 5.75 Å². The van der Waals surface area contributed by atoms with E-state index in [4.69, 9.17) is 10.5 Å². The van der Waals surface area contributed by atoms with Crippen LogP contribution in [0.15, 0.2) is 5.03 Å². The number of aryl methyl sites for hydroxylation is 1. The first-order valence-corrected chi connectivity index (χ1v) is 6.07. The van der Waals surface area contributed by atoms with Gasteiger partial charge in [-0.3, -0.25) is 0 Å². The molecule has 0 atom stereocenters. The summed E-state index contributed by atoms with van der Waals surface area (Å²) in [6.45, 7) is 0. The lowest BCUT2D eigenvalue weighted by Crippen LogP contribution is -2.09. The number of hydrogen-bond donors (Lipinski definition) is 1. The van der Waals surface area contributed by atoms with Gasteiger partial charge in [-0.05, 0) is 16.7 Å². The van der Waals surface area contributed by atoms with E-state index in [1.54, 1.807) is 0 Å². The summed E-state index contributed by atoms with van der Waals surface area (Å²) in [7, 11) is 0. The van der Waals surface area contributed by atoms with E-state index in [-0.39, 0.29) is 0 Å². The van der Waals surface area contributed by atoms with Crippen LogP contribution in [0.5, 0.6) is 0 Å². The van der Waals surface area contributed by atoms with Crippen LogP contribution in [0.25, 0.3) is 0 Å². The average Bonchev–Trinajstić information content (AvgIpc) is 2.51. The fourth-order valence-electron chi connectivity index (χ4n) is 0.791. The predicted molar refractivity (Wildman–Crippen MR) is 55.3 cm³/mol. The maximum atomic E-state index is 11.1. The minimum atomic E-state index is 0.385. The lowest BCUT2D eigenvalue weighted by atomic mass is 10.4. The van der Waals surface area contributed by atoms with Gasteiger partial charge in [-0.1, -0.05) is 0 Å². The highest BCUT2D eigenvalue weighted by molar-refractivity contribution is 8.04. The third kappa shape index (κ3) is 2.77. The molecule has 0 amide bonds.